The van der Waals surface area contributed by atoms with Crippen LogP contribution in [0.15, 0.2) is 28.8 Å². The third kappa shape index (κ3) is 2.54. The molecule has 0 bridgehead atoms. The van der Waals surface area contributed by atoms with Crippen LogP contribution in [0.1, 0.15) is 54.1 Å². The molecule has 3 rings (SSSR count). The zero-order chi connectivity index (χ0) is 15.5. The molecule has 4 heteroatoms. The number of fused-ring (bicyclic) bond motifs is 1. The summed E-state index contributed by atoms with van der Waals surface area (Å²) in [5.74, 6) is 0.852. The van der Waals surface area contributed by atoms with Crippen LogP contribution >= 0.6 is 0 Å². The van der Waals surface area contributed by atoms with Crippen LogP contribution in [0.5, 0.6) is 0 Å². The fraction of sp³-hybridized carbons (Fsp3) is 0.444. The lowest BCUT2D eigenvalue weighted by molar-refractivity contribution is 0.0978. The van der Waals surface area contributed by atoms with Crippen LogP contribution in [0, 0.1) is 0 Å². The van der Waals surface area contributed by atoms with Crippen molar-refractivity contribution in [3.05, 3.63) is 46.8 Å². The highest BCUT2D eigenvalue weighted by Crippen LogP contribution is 2.28. The van der Waals surface area contributed by atoms with E-state index in [2.05, 4.69) is 18.1 Å². The number of para-hydroxylation sites is 1. The highest BCUT2D eigenvalue weighted by molar-refractivity contribution is 6.06. The summed E-state index contributed by atoms with van der Waals surface area (Å²) in [6, 6.07) is 8.07. The lowest BCUT2D eigenvalue weighted by atomic mass is 9.96. The second kappa shape index (κ2) is 6.34. The van der Waals surface area contributed by atoms with E-state index in [4.69, 9.17) is 4.52 Å². The smallest absolute Gasteiger partial charge is 0.280 e. The van der Waals surface area contributed by atoms with E-state index in [1.165, 1.54) is 5.56 Å². The molecule has 0 fully saturated rings. The molecule has 0 saturated heterocycles. The standard InChI is InChI=1S/C18H22N2O2/c1-3-13-9-5-7-11-15(13)20(4-2)18(21)17-14-10-6-8-12-16(14)22-19-17/h5,7,9,11H,3-4,6,8,10,12H2,1-2H3. The van der Waals surface area contributed by atoms with E-state index in [0.717, 1.165) is 49.1 Å². The van der Waals surface area contributed by atoms with Crippen LogP contribution in [0.3, 0.4) is 0 Å². The van der Waals surface area contributed by atoms with Gasteiger partial charge >= 0.3 is 0 Å². The molecule has 0 N–H and O–H groups in total. The van der Waals surface area contributed by atoms with Gasteiger partial charge in [0.05, 0.1) is 0 Å². The van der Waals surface area contributed by atoms with Gasteiger partial charge < -0.3 is 9.42 Å². The van der Waals surface area contributed by atoms with Crippen molar-refractivity contribution in [1.82, 2.24) is 5.16 Å². The summed E-state index contributed by atoms with van der Waals surface area (Å²) in [4.78, 5) is 14.8. The molecule has 2 aromatic rings. The summed E-state index contributed by atoms with van der Waals surface area (Å²) < 4.78 is 5.40. The Morgan fingerprint density at radius 3 is 2.77 bits per heavy atom. The van der Waals surface area contributed by atoms with Crippen molar-refractivity contribution in [3.8, 4) is 0 Å². The number of anilines is 1. The van der Waals surface area contributed by atoms with E-state index < -0.39 is 0 Å². The summed E-state index contributed by atoms with van der Waals surface area (Å²) in [7, 11) is 0. The van der Waals surface area contributed by atoms with Crippen molar-refractivity contribution in [1.29, 1.82) is 0 Å². The maximum absolute atomic E-state index is 13.0. The normalized spacial score (nSPS) is 13.7. The number of aryl methyl sites for hydroxylation is 2. The first-order chi connectivity index (χ1) is 10.8. The minimum absolute atomic E-state index is 0.0460. The van der Waals surface area contributed by atoms with Gasteiger partial charge in [0.1, 0.15) is 5.76 Å². The molecule has 1 amide bonds. The molecule has 22 heavy (non-hydrogen) atoms. The van der Waals surface area contributed by atoms with E-state index in [-0.39, 0.29) is 5.91 Å². The maximum atomic E-state index is 13.0. The summed E-state index contributed by atoms with van der Waals surface area (Å²) in [6.07, 6.45) is 4.91. The average Bonchev–Trinajstić information content (AvgIpc) is 3.00. The second-order valence-electron chi connectivity index (χ2n) is 5.67. The lowest BCUT2D eigenvalue weighted by Gasteiger charge is -2.23. The number of benzene rings is 1. The fourth-order valence-corrected chi connectivity index (χ4v) is 3.18. The van der Waals surface area contributed by atoms with Crippen molar-refractivity contribution < 1.29 is 9.32 Å². The summed E-state index contributed by atoms with van der Waals surface area (Å²) in [6.45, 7) is 4.73. The first-order valence-electron chi connectivity index (χ1n) is 8.13. The fourth-order valence-electron chi connectivity index (χ4n) is 3.18. The van der Waals surface area contributed by atoms with Gasteiger partial charge in [-0.2, -0.15) is 0 Å². The Balaban J connectivity index is 1.97. The predicted octanol–water partition coefficient (Wildman–Crippen LogP) is 3.78. The highest BCUT2D eigenvalue weighted by atomic mass is 16.5. The molecule has 0 radical (unpaired) electrons. The zero-order valence-corrected chi connectivity index (χ0v) is 13.3. The second-order valence-corrected chi connectivity index (χ2v) is 5.67. The minimum Gasteiger partial charge on any atom is -0.360 e. The van der Waals surface area contributed by atoms with Crippen molar-refractivity contribution in [2.24, 2.45) is 0 Å². The maximum Gasteiger partial charge on any atom is 0.280 e. The molecule has 116 valence electrons. The Bertz CT molecular complexity index is 675. The molecule has 0 aliphatic heterocycles. The molecule has 1 aromatic heterocycles. The van der Waals surface area contributed by atoms with Crippen LogP contribution in [-0.2, 0) is 19.3 Å². The Labute approximate surface area is 131 Å². The number of carbonyl (C=O) groups excluding carboxylic acids is 1. The Morgan fingerprint density at radius 2 is 2.00 bits per heavy atom. The number of hydrogen-bond acceptors (Lipinski definition) is 3. The van der Waals surface area contributed by atoms with Crippen LogP contribution in [0.4, 0.5) is 5.69 Å². The molecule has 0 unspecified atom stereocenters. The van der Waals surface area contributed by atoms with Gasteiger partial charge in [-0.1, -0.05) is 30.3 Å². The molecule has 1 aromatic carbocycles. The number of amides is 1. The van der Waals surface area contributed by atoms with Crippen LogP contribution < -0.4 is 4.90 Å². The molecule has 1 aliphatic rings. The van der Waals surface area contributed by atoms with E-state index in [1.807, 2.05) is 30.0 Å². The zero-order valence-electron chi connectivity index (χ0n) is 13.3. The van der Waals surface area contributed by atoms with Crippen molar-refractivity contribution in [2.45, 2.75) is 46.0 Å². The number of rotatable bonds is 4. The van der Waals surface area contributed by atoms with Crippen LogP contribution in [0.2, 0.25) is 0 Å². The molecule has 1 aliphatic carbocycles. The molecular formula is C18H22N2O2. The van der Waals surface area contributed by atoms with Crippen molar-refractivity contribution >= 4 is 11.6 Å². The van der Waals surface area contributed by atoms with Crippen LogP contribution in [-0.4, -0.2) is 17.6 Å². The van der Waals surface area contributed by atoms with Gasteiger partial charge in [-0.3, -0.25) is 4.79 Å². The summed E-state index contributed by atoms with van der Waals surface area (Å²) in [5.41, 5.74) is 3.67. The SMILES string of the molecule is CCc1ccccc1N(CC)C(=O)c1noc2c1CCCC2. The predicted molar refractivity (Wildman–Crippen MR) is 86.3 cm³/mol. The summed E-state index contributed by atoms with van der Waals surface area (Å²) >= 11 is 0. The van der Waals surface area contributed by atoms with E-state index >= 15 is 0 Å². The Morgan fingerprint density at radius 1 is 1.23 bits per heavy atom. The molecule has 1 heterocycles. The third-order valence-corrected chi connectivity index (χ3v) is 4.38. The molecule has 0 saturated carbocycles. The summed E-state index contributed by atoms with van der Waals surface area (Å²) in [5, 5.41) is 4.08. The molecule has 0 spiro atoms. The number of aromatic nitrogens is 1. The monoisotopic (exact) mass is 298 g/mol. The van der Waals surface area contributed by atoms with Gasteiger partial charge in [-0.05, 0) is 44.2 Å². The highest BCUT2D eigenvalue weighted by Gasteiger charge is 2.28. The largest absolute Gasteiger partial charge is 0.360 e. The average molecular weight is 298 g/mol. The minimum atomic E-state index is -0.0460. The van der Waals surface area contributed by atoms with E-state index in [0.29, 0.717) is 12.2 Å². The first-order valence-corrected chi connectivity index (χ1v) is 8.13. The third-order valence-electron chi connectivity index (χ3n) is 4.38. The van der Waals surface area contributed by atoms with E-state index in [9.17, 15) is 4.79 Å². The Kier molecular flexibility index (Phi) is 4.27. The van der Waals surface area contributed by atoms with Crippen LogP contribution in [0.25, 0.3) is 0 Å². The first kappa shape index (κ1) is 14.8. The van der Waals surface area contributed by atoms with E-state index in [1.54, 1.807) is 0 Å². The number of carbonyl (C=O) groups is 1. The van der Waals surface area contributed by atoms with Gasteiger partial charge in [0.2, 0.25) is 0 Å². The molecule has 4 nitrogen and oxygen atoms in total. The number of hydrogen-bond donors (Lipinski definition) is 0. The van der Waals surface area contributed by atoms with Gasteiger partial charge in [0.15, 0.2) is 5.69 Å². The molecule has 0 atom stereocenters. The molecular weight excluding hydrogens is 276 g/mol. The topological polar surface area (TPSA) is 46.3 Å². The number of nitrogens with zero attached hydrogens (tertiary/aromatic N) is 2. The van der Waals surface area contributed by atoms with Gasteiger partial charge in [0.25, 0.3) is 5.91 Å². The van der Waals surface area contributed by atoms with Crippen molar-refractivity contribution in [2.75, 3.05) is 11.4 Å². The van der Waals surface area contributed by atoms with Crippen molar-refractivity contribution in [3.63, 3.8) is 0 Å². The lowest BCUT2D eigenvalue weighted by Crippen LogP contribution is -2.32. The van der Waals surface area contributed by atoms with Gasteiger partial charge in [0, 0.05) is 24.2 Å². The van der Waals surface area contributed by atoms with Gasteiger partial charge in [-0.15, -0.1) is 0 Å². The van der Waals surface area contributed by atoms with Gasteiger partial charge in [-0.25, -0.2) is 0 Å². The quantitative estimate of drug-likeness (QED) is 0.863. The Hall–Kier alpha value is -2.10.